The van der Waals surface area contributed by atoms with E-state index < -0.39 is 17.8 Å². The largest absolute Gasteiger partial charge is 0.416 e. The fourth-order valence-electron chi connectivity index (χ4n) is 2.78. The molecule has 1 aromatic carbocycles. The van der Waals surface area contributed by atoms with Crippen LogP contribution in [-0.2, 0) is 15.8 Å². The molecule has 2 amide bonds. The van der Waals surface area contributed by atoms with E-state index in [1.54, 1.807) is 6.92 Å². The summed E-state index contributed by atoms with van der Waals surface area (Å²) in [6.45, 7) is 5.95. The van der Waals surface area contributed by atoms with Crippen LogP contribution in [0.1, 0.15) is 32.8 Å². The molecule has 0 unspecified atom stereocenters. The van der Waals surface area contributed by atoms with Crippen LogP contribution in [0.3, 0.4) is 0 Å². The highest BCUT2D eigenvalue weighted by atomic mass is 19.4. The lowest BCUT2D eigenvalue weighted by Crippen LogP contribution is -2.58. The van der Waals surface area contributed by atoms with Crippen molar-refractivity contribution in [2.75, 3.05) is 18.0 Å². The first-order valence-electron chi connectivity index (χ1n) is 7.89. The van der Waals surface area contributed by atoms with Gasteiger partial charge in [-0.3, -0.25) is 9.59 Å². The summed E-state index contributed by atoms with van der Waals surface area (Å²) >= 11 is 0. The van der Waals surface area contributed by atoms with Gasteiger partial charge < -0.3 is 9.80 Å². The Morgan fingerprint density at radius 3 is 2.54 bits per heavy atom. The summed E-state index contributed by atoms with van der Waals surface area (Å²) in [5, 5.41) is 0. The van der Waals surface area contributed by atoms with Crippen LogP contribution < -0.4 is 4.90 Å². The van der Waals surface area contributed by atoms with Crippen molar-refractivity contribution in [1.82, 2.24) is 4.90 Å². The molecule has 2 rings (SSSR count). The van der Waals surface area contributed by atoms with Crippen molar-refractivity contribution in [3.8, 4) is 0 Å². The van der Waals surface area contributed by atoms with Gasteiger partial charge in [-0.15, -0.1) is 0 Å². The van der Waals surface area contributed by atoms with Crippen LogP contribution in [0.4, 0.5) is 18.9 Å². The molecule has 0 aromatic heterocycles. The Labute approximate surface area is 139 Å². The smallest absolute Gasteiger partial charge is 0.329 e. The maximum absolute atomic E-state index is 12.8. The van der Waals surface area contributed by atoms with Crippen molar-refractivity contribution < 1.29 is 22.8 Å². The van der Waals surface area contributed by atoms with Crippen molar-refractivity contribution in [2.45, 2.75) is 39.4 Å². The first-order valence-corrected chi connectivity index (χ1v) is 7.89. The molecule has 1 atom stereocenters. The molecule has 1 aliphatic rings. The number of rotatable bonds is 3. The summed E-state index contributed by atoms with van der Waals surface area (Å²) in [7, 11) is 0. The van der Waals surface area contributed by atoms with Crippen molar-refractivity contribution in [3.63, 3.8) is 0 Å². The summed E-state index contributed by atoms with van der Waals surface area (Å²) in [6, 6.07) is 4.02. The normalized spacial score (nSPS) is 19.1. The number of nitrogens with zero attached hydrogens (tertiary/aromatic N) is 2. The van der Waals surface area contributed by atoms with Gasteiger partial charge in [0, 0.05) is 25.2 Å². The van der Waals surface area contributed by atoms with Gasteiger partial charge in [0.2, 0.25) is 11.8 Å². The molecule has 0 aliphatic carbocycles. The fourth-order valence-corrected chi connectivity index (χ4v) is 2.78. The third-order valence-corrected chi connectivity index (χ3v) is 4.04. The molecule has 0 saturated carbocycles. The summed E-state index contributed by atoms with van der Waals surface area (Å²) in [5.41, 5.74) is -0.587. The van der Waals surface area contributed by atoms with Crippen molar-refractivity contribution in [3.05, 3.63) is 29.8 Å². The average molecular weight is 342 g/mol. The lowest BCUT2D eigenvalue weighted by atomic mass is 10.1. The average Bonchev–Trinajstić information content (AvgIpc) is 2.48. The Morgan fingerprint density at radius 2 is 1.96 bits per heavy atom. The van der Waals surface area contributed by atoms with Crippen LogP contribution in [0.2, 0.25) is 0 Å². The minimum atomic E-state index is -4.46. The van der Waals surface area contributed by atoms with Crippen LogP contribution >= 0.6 is 0 Å². The van der Waals surface area contributed by atoms with Gasteiger partial charge in [0.05, 0.1) is 5.56 Å². The molecule has 24 heavy (non-hydrogen) atoms. The number of amides is 2. The standard InChI is InChI=1S/C17H21F3N2O2/c1-11(2)9-15(23)21-7-8-22(16(24)12(21)3)14-6-4-5-13(10-14)17(18,19)20/h4-6,10-12H,7-9H2,1-3H3/t12-/m0/s1. The Bertz CT molecular complexity index is 629. The summed E-state index contributed by atoms with van der Waals surface area (Å²) in [6.07, 6.45) is -4.11. The molecule has 0 N–H and O–H groups in total. The number of anilines is 1. The Balaban J connectivity index is 2.19. The predicted molar refractivity (Wildman–Crippen MR) is 84.4 cm³/mol. The van der Waals surface area contributed by atoms with Gasteiger partial charge in [-0.1, -0.05) is 19.9 Å². The van der Waals surface area contributed by atoms with Crippen LogP contribution in [-0.4, -0.2) is 35.8 Å². The minimum Gasteiger partial charge on any atom is -0.329 e. The zero-order valence-electron chi connectivity index (χ0n) is 13.9. The zero-order valence-corrected chi connectivity index (χ0v) is 13.9. The SMILES string of the molecule is CC(C)CC(=O)N1CCN(c2cccc(C(F)(F)F)c2)C(=O)[C@@H]1C. The number of hydrogen-bond donors (Lipinski definition) is 0. The van der Waals surface area contributed by atoms with E-state index in [1.165, 1.54) is 21.9 Å². The molecule has 0 radical (unpaired) electrons. The first kappa shape index (κ1) is 18.3. The van der Waals surface area contributed by atoms with Crippen LogP contribution in [0.5, 0.6) is 0 Å². The van der Waals surface area contributed by atoms with E-state index in [0.717, 1.165) is 12.1 Å². The Kier molecular flexibility index (Phi) is 5.20. The number of hydrogen-bond acceptors (Lipinski definition) is 2. The molecular formula is C17H21F3N2O2. The third-order valence-electron chi connectivity index (χ3n) is 4.04. The number of piperazine rings is 1. The Morgan fingerprint density at radius 1 is 1.29 bits per heavy atom. The second-order valence-corrected chi connectivity index (χ2v) is 6.40. The fraction of sp³-hybridized carbons (Fsp3) is 0.529. The quantitative estimate of drug-likeness (QED) is 0.845. The molecular weight excluding hydrogens is 321 g/mol. The number of halogens is 3. The second kappa shape index (κ2) is 6.83. The van der Waals surface area contributed by atoms with E-state index in [0.29, 0.717) is 13.0 Å². The molecule has 1 aromatic rings. The van der Waals surface area contributed by atoms with Gasteiger partial charge in [-0.2, -0.15) is 13.2 Å². The van der Waals surface area contributed by atoms with E-state index in [2.05, 4.69) is 0 Å². The first-order chi connectivity index (χ1) is 11.1. The van der Waals surface area contributed by atoms with Gasteiger partial charge in [-0.05, 0) is 31.0 Å². The maximum atomic E-state index is 12.8. The molecule has 0 bridgehead atoms. The Hall–Kier alpha value is -2.05. The molecule has 0 spiro atoms. The van der Waals surface area contributed by atoms with Crippen LogP contribution in [0.25, 0.3) is 0 Å². The van der Waals surface area contributed by atoms with Gasteiger partial charge in [0.25, 0.3) is 0 Å². The van der Waals surface area contributed by atoms with Crippen molar-refractivity contribution >= 4 is 17.5 Å². The number of carbonyl (C=O) groups excluding carboxylic acids is 2. The maximum Gasteiger partial charge on any atom is 0.416 e. The van der Waals surface area contributed by atoms with Crippen molar-refractivity contribution in [1.29, 1.82) is 0 Å². The van der Waals surface area contributed by atoms with E-state index in [1.807, 2.05) is 13.8 Å². The molecule has 1 saturated heterocycles. The molecule has 132 valence electrons. The van der Waals surface area contributed by atoms with E-state index in [-0.39, 0.29) is 30.0 Å². The summed E-state index contributed by atoms with van der Waals surface area (Å²) in [5.74, 6) is -0.284. The minimum absolute atomic E-state index is 0.102. The highest BCUT2D eigenvalue weighted by Crippen LogP contribution is 2.32. The lowest BCUT2D eigenvalue weighted by molar-refractivity contribution is -0.141. The molecule has 4 nitrogen and oxygen atoms in total. The number of benzene rings is 1. The molecule has 1 heterocycles. The van der Waals surface area contributed by atoms with Crippen LogP contribution in [0.15, 0.2) is 24.3 Å². The summed E-state index contributed by atoms with van der Waals surface area (Å²) in [4.78, 5) is 27.6. The van der Waals surface area contributed by atoms with Gasteiger partial charge >= 0.3 is 6.18 Å². The highest BCUT2D eigenvalue weighted by molar-refractivity contribution is 6.00. The van der Waals surface area contributed by atoms with E-state index in [4.69, 9.17) is 0 Å². The third kappa shape index (κ3) is 3.88. The van der Waals surface area contributed by atoms with E-state index >= 15 is 0 Å². The molecule has 1 fully saturated rings. The topological polar surface area (TPSA) is 40.6 Å². The van der Waals surface area contributed by atoms with Gasteiger partial charge in [-0.25, -0.2) is 0 Å². The van der Waals surface area contributed by atoms with E-state index in [9.17, 15) is 22.8 Å². The number of alkyl halides is 3. The molecule has 7 heteroatoms. The summed E-state index contributed by atoms with van der Waals surface area (Å²) < 4.78 is 38.5. The van der Waals surface area contributed by atoms with Crippen LogP contribution in [0, 0.1) is 5.92 Å². The number of carbonyl (C=O) groups is 2. The van der Waals surface area contributed by atoms with Gasteiger partial charge in [0.15, 0.2) is 0 Å². The lowest BCUT2D eigenvalue weighted by Gasteiger charge is -2.39. The monoisotopic (exact) mass is 342 g/mol. The van der Waals surface area contributed by atoms with Gasteiger partial charge in [0.1, 0.15) is 6.04 Å². The predicted octanol–water partition coefficient (Wildman–Crippen LogP) is 3.32. The van der Waals surface area contributed by atoms with Crippen molar-refractivity contribution in [2.24, 2.45) is 5.92 Å². The molecule has 1 aliphatic heterocycles. The highest BCUT2D eigenvalue weighted by Gasteiger charge is 2.36. The zero-order chi connectivity index (χ0) is 18.1. The second-order valence-electron chi connectivity index (χ2n) is 6.40.